The van der Waals surface area contributed by atoms with E-state index in [0.717, 1.165) is 0 Å². The standard InChI is InChI=1S/C26H29FO8/c1-4-8-22(28)33-20-14-18(26(31)32-16-17-11-7-12-19(27)13-17)15-21(34-23(29)9-5-2)25(20)35-24(30)10-6-3/h7,11-15H,4-6,8-10,16H2,1-3H3. The number of hydrogen-bond donors (Lipinski definition) is 0. The predicted molar refractivity (Wildman–Crippen MR) is 124 cm³/mol. The van der Waals surface area contributed by atoms with Crippen molar-refractivity contribution in [2.24, 2.45) is 0 Å². The summed E-state index contributed by atoms with van der Waals surface area (Å²) in [6.45, 7) is 5.12. The molecule has 0 aliphatic rings. The van der Waals surface area contributed by atoms with Crippen molar-refractivity contribution in [2.45, 2.75) is 65.9 Å². The lowest BCUT2D eigenvalue weighted by molar-refractivity contribution is -0.138. The molecule has 0 atom stereocenters. The lowest BCUT2D eigenvalue weighted by atomic mass is 10.1. The van der Waals surface area contributed by atoms with E-state index in [9.17, 15) is 23.6 Å². The number of ether oxygens (including phenoxy) is 4. The van der Waals surface area contributed by atoms with Gasteiger partial charge in [0.2, 0.25) is 5.75 Å². The third kappa shape index (κ3) is 8.84. The van der Waals surface area contributed by atoms with Crippen LogP contribution < -0.4 is 14.2 Å². The third-order valence-electron chi connectivity index (χ3n) is 4.54. The Kier molecular flexibility index (Phi) is 10.9. The van der Waals surface area contributed by atoms with Crippen LogP contribution in [0.2, 0.25) is 0 Å². The molecule has 0 spiro atoms. The van der Waals surface area contributed by atoms with E-state index in [1.807, 2.05) is 0 Å². The molecule has 8 nitrogen and oxygen atoms in total. The second-order valence-electron chi connectivity index (χ2n) is 7.68. The highest BCUT2D eigenvalue weighted by Gasteiger charge is 2.25. The number of rotatable bonds is 12. The van der Waals surface area contributed by atoms with E-state index < -0.39 is 29.7 Å². The van der Waals surface area contributed by atoms with Crippen LogP contribution in [-0.4, -0.2) is 23.9 Å². The van der Waals surface area contributed by atoms with Gasteiger partial charge in [0, 0.05) is 19.3 Å². The van der Waals surface area contributed by atoms with Crippen molar-refractivity contribution in [3.8, 4) is 17.2 Å². The van der Waals surface area contributed by atoms with Gasteiger partial charge in [0.25, 0.3) is 0 Å². The molecule has 0 N–H and O–H groups in total. The maximum Gasteiger partial charge on any atom is 0.338 e. The highest BCUT2D eigenvalue weighted by Crippen LogP contribution is 2.40. The quantitative estimate of drug-likeness (QED) is 0.293. The van der Waals surface area contributed by atoms with Gasteiger partial charge >= 0.3 is 23.9 Å². The summed E-state index contributed by atoms with van der Waals surface area (Å²) < 4.78 is 34.7. The molecule has 0 radical (unpaired) electrons. The number of hydrogen-bond acceptors (Lipinski definition) is 8. The van der Waals surface area contributed by atoms with Crippen LogP contribution in [0.3, 0.4) is 0 Å². The third-order valence-corrected chi connectivity index (χ3v) is 4.54. The van der Waals surface area contributed by atoms with Crippen LogP contribution in [0.5, 0.6) is 17.2 Å². The average molecular weight is 489 g/mol. The molecule has 0 aliphatic heterocycles. The molecule has 0 saturated heterocycles. The second kappa shape index (κ2) is 13.8. The van der Waals surface area contributed by atoms with Crippen LogP contribution in [0.1, 0.15) is 75.2 Å². The Balaban J connectivity index is 2.45. The molecule has 2 aromatic carbocycles. The second-order valence-corrected chi connectivity index (χ2v) is 7.68. The maximum absolute atomic E-state index is 13.4. The number of esters is 4. The Morgan fingerprint density at radius 2 is 1.26 bits per heavy atom. The molecule has 0 fully saturated rings. The van der Waals surface area contributed by atoms with Crippen LogP contribution in [-0.2, 0) is 25.7 Å². The monoisotopic (exact) mass is 488 g/mol. The molecule has 35 heavy (non-hydrogen) atoms. The van der Waals surface area contributed by atoms with Crippen molar-refractivity contribution < 1.29 is 42.5 Å². The molecule has 0 aliphatic carbocycles. The summed E-state index contributed by atoms with van der Waals surface area (Å²) in [5.41, 5.74) is 0.308. The minimum absolute atomic E-state index is 0.0710. The summed E-state index contributed by atoms with van der Waals surface area (Å²) in [4.78, 5) is 49.4. The van der Waals surface area contributed by atoms with Gasteiger partial charge in [0.1, 0.15) is 12.4 Å². The van der Waals surface area contributed by atoms with Crippen molar-refractivity contribution in [1.29, 1.82) is 0 Å². The van der Waals surface area contributed by atoms with Crippen LogP contribution in [0.25, 0.3) is 0 Å². The summed E-state index contributed by atoms with van der Waals surface area (Å²) in [5, 5.41) is 0. The normalized spacial score (nSPS) is 10.4. The zero-order chi connectivity index (χ0) is 25.8. The SMILES string of the molecule is CCCC(=O)Oc1cc(C(=O)OCc2cccc(F)c2)cc(OC(=O)CCC)c1OC(=O)CCC. The van der Waals surface area contributed by atoms with Gasteiger partial charge in [-0.05, 0) is 49.1 Å². The minimum atomic E-state index is -0.846. The van der Waals surface area contributed by atoms with Crippen LogP contribution in [0.4, 0.5) is 4.39 Å². The molecule has 0 aromatic heterocycles. The van der Waals surface area contributed by atoms with E-state index in [2.05, 4.69) is 0 Å². The molecule has 0 saturated carbocycles. The summed E-state index contributed by atoms with van der Waals surface area (Å²) in [5.74, 6) is -4.01. The summed E-state index contributed by atoms with van der Waals surface area (Å²) >= 11 is 0. The highest BCUT2D eigenvalue weighted by atomic mass is 19.1. The van der Waals surface area contributed by atoms with Gasteiger partial charge in [-0.15, -0.1) is 0 Å². The Bertz CT molecular complexity index is 1020. The van der Waals surface area contributed by atoms with E-state index in [0.29, 0.717) is 24.8 Å². The fraction of sp³-hybridized carbons (Fsp3) is 0.385. The van der Waals surface area contributed by atoms with Gasteiger partial charge in [-0.3, -0.25) is 14.4 Å². The van der Waals surface area contributed by atoms with E-state index in [1.165, 1.54) is 30.3 Å². The van der Waals surface area contributed by atoms with Crippen molar-refractivity contribution in [3.05, 3.63) is 53.3 Å². The molecular weight excluding hydrogens is 459 g/mol. The van der Waals surface area contributed by atoms with Crippen molar-refractivity contribution in [3.63, 3.8) is 0 Å². The Hall–Kier alpha value is -3.75. The predicted octanol–water partition coefficient (Wildman–Crippen LogP) is 5.30. The van der Waals surface area contributed by atoms with E-state index in [1.54, 1.807) is 26.8 Å². The van der Waals surface area contributed by atoms with Crippen molar-refractivity contribution in [2.75, 3.05) is 0 Å². The molecule has 0 amide bonds. The average Bonchev–Trinajstić information content (AvgIpc) is 2.80. The first-order valence-electron chi connectivity index (χ1n) is 11.5. The van der Waals surface area contributed by atoms with E-state index in [4.69, 9.17) is 18.9 Å². The van der Waals surface area contributed by atoms with Crippen molar-refractivity contribution >= 4 is 23.9 Å². The smallest absolute Gasteiger partial charge is 0.338 e. The van der Waals surface area contributed by atoms with Gasteiger partial charge in [0.05, 0.1) is 5.56 Å². The number of benzene rings is 2. The highest BCUT2D eigenvalue weighted by molar-refractivity contribution is 5.92. The van der Waals surface area contributed by atoms with Gasteiger partial charge < -0.3 is 18.9 Å². The lowest BCUT2D eigenvalue weighted by Crippen LogP contribution is -2.16. The molecular formula is C26H29FO8. The molecule has 2 aromatic rings. The number of halogens is 1. The Morgan fingerprint density at radius 1 is 0.743 bits per heavy atom. The lowest BCUT2D eigenvalue weighted by Gasteiger charge is -2.16. The van der Waals surface area contributed by atoms with E-state index in [-0.39, 0.29) is 48.7 Å². The Labute approximate surface area is 203 Å². The zero-order valence-electron chi connectivity index (χ0n) is 20.1. The topological polar surface area (TPSA) is 105 Å². The van der Waals surface area contributed by atoms with Gasteiger partial charge in [-0.1, -0.05) is 32.9 Å². The molecule has 0 heterocycles. The largest absolute Gasteiger partial charge is 0.457 e. The first-order chi connectivity index (χ1) is 16.8. The number of carbonyl (C=O) groups is 4. The van der Waals surface area contributed by atoms with Crippen LogP contribution >= 0.6 is 0 Å². The number of carbonyl (C=O) groups excluding carboxylic acids is 4. The van der Waals surface area contributed by atoms with Gasteiger partial charge in [-0.2, -0.15) is 0 Å². The summed E-state index contributed by atoms with van der Waals surface area (Å²) in [6.07, 6.45) is 1.71. The zero-order valence-corrected chi connectivity index (χ0v) is 20.1. The van der Waals surface area contributed by atoms with E-state index >= 15 is 0 Å². The molecule has 188 valence electrons. The molecule has 9 heteroatoms. The summed E-state index contributed by atoms with van der Waals surface area (Å²) in [7, 11) is 0. The fourth-order valence-electron chi connectivity index (χ4n) is 2.93. The first kappa shape index (κ1) is 27.5. The molecule has 0 bridgehead atoms. The van der Waals surface area contributed by atoms with Gasteiger partial charge in [-0.25, -0.2) is 9.18 Å². The maximum atomic E-state index is 13.4. The molecule has 2 rings (SSSR count). The summed E-state index contributed by atoms with van der Waals surface area (Å²) in [6, 6.07) is 7.90. The molecule has 0 unspecified atom stereocenters. The Morgan fingerprint density at radius 3 is 1.74 bits per heavy atom. The first-order valence-corrected chi connectivity index (χ1v) is 11.5. The minimum Gasteiger partial charge on any atom is -0.457 e. The van der Waals surface area contributed by atoms with Gasteiger partial charge in [0.15, 0.2) is 11.5 Å². The fourth-order valence-corrected chi connectivity index (χ4v) is 2.93. The van der Waals surface area contributed by atoms with Crippen molar-refractivity contribution in [1.82, 2.24) is 0 Å². The van der Waals surface area contributed by atoms with Crippen LogP contribution in [0.15, 0.2) is 36.4 Å². The van der Waals surface area contributed by atoms with Crippen LogP contribution in [0, 0.1) is 5.82 Å².